The van der Waals surface area contributed by atoms with Crippen LogP contribution < -0.4 is 10.1 Å². The molecule has 1 aliphatic rings. The maximum absolute atomic E-state index is 12.2. The predicted molar refractivity (Wildman–Crippen MR) is 76.0 cm³/mol. The number of hydrogen-bond acceptors (Lipinski definition) is 3. The van der Waals surface area contributed by atoms with Gasteiger partial charge in [0.05, 0.1) is 11.7 Å². The molecule has 0 fully saturated rings. The quantitative estimate of drug-likeness (QED) is 0.941. The summed E-state index contributed by atoms with van der Waals surface area (Å²) in [5, 5.41) is 7.95. The second-order valence-electron chi connectivity index (χ2n) is 5.18. The minimum atomic E-state index is -2.79. The number of ether oxygens (including phenoxy) is 1. The number of nitrogens with one attached hydrogen (secondary N) is 1. The fourth-order valence-corrected chi connectivity index (χ4v) is 2.70. The van der Waals surface area contributed by atoms with Crippen LogP contribution in [0.1, 0.15) is 29.3 Å². The van der Waals surface area contributed by atoms with Crippen LogP contribution in [-0.2, 0) is 0 Å². The normalized spacial score (nSPS) is 17.5. The van der Waals surface area contributed by atoms with Crippen LogP contribution in [0.3, 0.4) is 0 Å². The zero-order valence-corrected chi connectivity index (χ0v) is 11.9. The third-order valence-electron chi connectivity index (χ3n) is 3.88. The van der Waals surface area contributed by atoms with E-state index in [4.69, 9.17) is 0 Å². The Morgan fingerprint density at radius 2 is 2.00 bits per heavy atom. The summed E-state index contributed by atoms with van der Waals surface area (Å²) in [6.07, 6.45) is 0.905. The van der Waals surface area contributed by atoms with Crippen LogP contribution in [0.2, 0.25) is 0 Å². The molecule has 0 radical (unpaired) electrons. The summed E-state index contributed by atoms with van der Waals surface area (Å²) < 4.78 is 30.7. The van der Waals surface area contributed by atoms with E-state index in [1.165, 1.54) is 0 Å². The summed E-state index contributed by atoms with van der Waals surface area (Å²) in [5.41, 5.74) is 3.20. The average Bonchev–Trinajstić information content (AvgIpc) is 2.75. The number of alkyl halides is 2. The van der Waals surface area contributed by atoms with Crippen molar-refractivity contribution in [3.8, 4) is 5.75 Å². The first kappa shape index (κ1) is 13.9. The molecule has 0 amide bonds. The number of rotatable bonds is 3. The molecule has 112 valence electrons. The molecule has 21 heavy (non-hydrogen) atoms. The second-order valence-corrected chi connectivity index (χ2v) is 5.18. The van der Waals surface area contributed by atoms with Gasteiger partial charge in [-0.15, -0.1) is 0 Å². The van der Waals surface area contributed by atoms with Gasteiger partial charge in [-0.3, -0.25) is 0 Å². The summed E-state index contributed by atoms with van der Waals surface area (Å²) in [4.78, 5) is 0. The standard InChI is InChI=1S/C15H17F2N3O/c1-9-10(2)19-20-13(7-8-18-14(9)20)11-3-5-12(6-4-11)21-15(16)17/h3-6,13,15,18H,7-8H2,1-2H3. The monoisotopic (exact) mass is 293 g/mol. The smallest absolute Gasteiger partial charge is 0.387 e. The Bertz CT molecular complexity index is 637. The molecule has 0 bridgehead atoms. The first-order chi connectivity index (χ1) is 10.1. The van der Waals surface area contributed by atoms with Crippen molar-refractivity contribution in [2.75, 3.05) is 11.9 Å². The lowest BCUT2D eigenvalue weighted by atomic mass is 10.0. The highest BCUT2D eigenvalue weighted by molar-refractivity contribution is 5.49. The third-order valence-corrected chi connectivity index (χ3v) is 3.88. The largest absolute Gasteiger partial charge is 0.435 e. The molecule has 0 aliphatic carbocycles. The van der Waals surface area contributed by atoms with E-state index in [0.717, 1.165) is 35.6 Å². The summed E-state index contributed by atoms with van der Waals surface area (Å²) in [6, 6.07) is 6.92. The zero-order valence-electron chi connectivity index (χ0n) is 11.9. The van der Waals surface area contributed by atoms with Gasteiger partial charge in [-0.2, -0.15) is 13.9 Å². The van der Waals surface area contributed by atoms with Crippen molar-refractivity contribution in [3.05, 3.63) is 41.1 Å². The van der Waals surface area contributed by atoms with E-state index in [2.05, 4.69) is 15.2 Å². The lowest BCUT2D eigenvalue weighted by Gasteiger charge is -2.26. The van der Waals surface area contributed by atoms with Crippen molar-refractivity contribution in [2.24, 2.45) is 0 Å². The van der Waals surface area contributed by atoms with E-state index >= 15 is 0 Å². The second kappa shape index (κ2) is 5.35. The fraction of sp³-hybridized carbons (Fsp3) is 0.400. The Labute approximate surface area is 121 Å². The first-order valence-electron chi connectivity index (χ1n) is 6.90. The van der Waals surface area contributed by atoms with E-state index < -0.39 is 6.61 Å². The van der Waals surface area contributed by atoms with Gasteiger partial charge in [-0.05, 0) is 38.0 Å². The van der Waals surface area contributed by atoms with Gasteiger partial charge in [0.25, 0.3) is 0 Å². The molecule has 3 rings (SSSR count). The van der Waals surface area contributed by atoms with Crippen molar-refractivity contribution in [1.29, 1.82) is 0 Å². The van der Waals surface area contributed by atoms with Crippen LogP contribution in [0.5, 0.6) is 5.75 Å². The molecule has 1 aromatic heterocycles. The van der Waals surface area contributed by atoms with Crippen LogP contribution in [-0.4, -0.2) is 22.9 Å². The number of fused-ring (bicyclic) bond motifs is 1. The van der Waals surface area contributed by atoms with Crippen LogP contribution in [0.25, 0.3) is 0 Å². The maximum Gasteiger partial charge on any atom is 0.387 e. The first-order valence-corrected chi connectivity index (χ1v) is 6.90. The number of aryl methyl sites for hydroxylation is 1. The van der Waals surface area contributed by atoms with Gasteiger partial charge in [0, 0.05) is 12.1 Å². The topological polar surface area (TPSA) is 39.1 Å². The van der Waals surface area contributed by atoms with E-state index in [-0.39, 0.29) is 11.8 Å². The number of benzene rings is 1. The maximum atomic E-state index is 12.2. The van der Waals surface area contributed by atoms with Crippen molar-refractivity contribution in [2.45, 2.75) is 32.9 Å². The minimum absolute atomic E-state index is 0.120. The Morgan fingerprint density at radius 1 is 1.29 bits per heavy atom. The molecule has 2 heterocycles. The molecule has 1 unspecified atom stereocenters. The number of aromatic nitrogens is 2. The van der Waals surface area contributed by atoms with E-state index in [0.29, 0.717) is 0 Å². The third kappa shape index (κ3) is 2.57. The summed E-state index contributed by atoms with van der Waals surface area (Å²) in [5.74, 6) is 1.22. The molecule has 1 atom stereocenters. The van der Waals surface area contributed by atoms with Crippen molar-refractivity contribution >= 4 is 5.82 Å². The Hall–Kier alpha value is -2.11. The molecule has 4 nitrogen and oxygen atoms in total. The lowest BCUT2D eigenvalue weighted by Crippen LogP contribution is -2.24. The Kier molecular flexibility index (Phi) is 3.53. The predicted octanol–water partition coefficient (Wildman–Crippen LogP) is 3.51. The lowest BCUT2D eigenvalue weighted by molar-refractivity contribution is -0.0498. The molecular weight excluding hydrogens is 276 g/mol. The Balaban J connectivity index is 1.90. The number of hydrogen-bond donors (Lipinski definition) is 1. The van der Waals surface area contributed by atoms with Crippen LogP contribution in [0.15, 0.2) is 24.3 Å². The van der Waals surface area contributed by atoms with Gasteiger partial charge < -0.3 is 10.1 Å². The molecule has 6 heteroatoms. The molecule has 1 N–H and O–H groups in total. The molecule has 0 spiro atoms. The highest BCUT2D eigenvalue weighted by atomic mass is 19.3. The van der Waals surface area contributed by atoms with Crippen molar-refractivity contribution < 1.29 is 13.5 Å². The van der Waals surface area contributed by atoms with E-state index in [1.807, 2.05) is 30.7 Å². The Morgan fingerprint density at radius 3 is 2.67 bits per heavy atom. The van der Waals surface area contributed by atoms with Gasteiger partial charge in [-0.25, -0.2) is 4.68 Å². The number of halogens is 2. The fourth-order valence-electron chi connectivity index (χ4n) is 2.70. The van der Waals surface area contributed by atoms with Gasteiger partial charge in [0.1, 0.15) is 11.6 Å². The van der Waals surface area contributed by atoms with Gasteiger partial charge in [0.15, 0.2) is 0 Å². The minimum Gasteiger partial charge on any atom is -0.435 e. The molecule has 1 aromatic carbocycles. The van der Waals surface area contributed by atoms with Crippen LogP contribution in [0.4, 0.5) is 14.6 Å². The zero-order chi connectivity index (χ0) is 15.0. The highest BCUT2D eigenvalue weighted by Crippen LogP contribution is 2.33. The number of nitrogens with zero attached hydrogens (tertiary/aromatic N) is 2. The summed E-state index contributed by atoms with van der Waals surface area (Å²) in [7, 11) is 0. The average molecular weight is 293 g/mol. The molecular formula is C15H17F2N3O. The molecule has 0 saturated carbocycles. The van der Waals surface area contributed by atoms with Crippen LogP contribution in [0, 0.1) is 13.8 Å². The van der Waals surface area contributed by atoms with E-state index in [9.17, 15) is 8.78 Å². The van der Waals surface area contributed by atoms with Crippen molar-refractivity contribution in [3.63, 3.8) is 0 Å². The number of anilines is 1. The van der Waals surface area contributed by atoms with E-state index in [1.54, 1.807) is 12.1 Å². The van der Waals surface area contributed by atoms with Crippen LogP contribution >= 0.6 is 0 Å². The summed E-state index contributed by atoms with van der Waals surface area (Å²) >= 11 is 0. The SMILES string of the molecule is Cc1nn2c(c1C)NCCC2c1ccc(OC(F)F)cc1. The van der Waals surface area contributed by atoms with Gasteiger partial charge in [-0.1, -0.05) is 12.1 Å². The molecule has 1 aliphatic heterocycles. The van der Waals surface area contributed by atoms with Gasteiger partial charge >= 0.3 is 6.61 Å². The molecule has 2 aromatic rings. The molecule has 0 saturated heterocycles. The van der Waals surface area contributed by atoms with Gasteiger partial charge in [0.2, 0.25) is 0 Å². The highest BCUT2D eigenvalue weighted by Gasteiger charge is 2.24. The summed E-state index contributed by atoms with van der Waals surface area (Å²) in [6.45, 7) is 2.10. The van der Waals surface area contributed by atoms with Crippen molar-refractivity contribution in [1.82, 2.24) is 9.78 Å².